The van der Waals surface area contributed by atoms with Crippen LogP contribution in [0.5, 0.6) is 0 Å². The molecular formula is C28H46N2O4. The minimum absolute atomic E-state index is 0.0744. The Morgan fingerprint density at radius 1 is 0.941 bits per heavy atom. The minimum Gasteiger partial charge on any atom is -0.390 e. The van der Waals surface area contributed by atoms with Crippen LogP contribution in [-0.4, -0.2) is 46.8 Å². The van der Waals surface area contributed by atoms with Crippen LogP contribution in [0.25, 0.3) is 0 Å². The molecule has 0 aromatic heterocycles. The van der Waals surface area contributed by atoms with Gasteiger partial charge in [0, 0.05) is 12.5 Å². The molecule has 0 spiro atoms. The van der Waals surface area contributed by atoms with Crippen molar-refractivity contribution in [3.05, 3.63) is 35.9 Å². The Kier molecular flexibility index (Phi) is 12.1. The van der Waals surface area contributed by atoms with Gasteiger partial charge in [0.05, 0.1) is 18.1 Å². The molecule has 6 heteroatoms. The highest BCUT2D eigenvalue weighted by Crippen LogP contribution is 2.29. The summed E-state index contributed by atoms with van der Waals surface area (Å²) in [6.45, 7) is 7.93. The van der Waals surface area contributed by atoms with E-state index >= 15 is 0 Å². The molecule has 1 aromatic rings. The molecule has 1 fully saturated rings. The summed E-state index contributed by atoms with van der Waals surface area (Å²) < 4.78 is 0. The van der Waals surface area contributed by atoms with Crippen molar-refractivity contribution in [1.29, 1.82) is 0 Å². The lowest BCUT2D eigenvalue weighted by molar-refractivity contribution is -0.128. The van der Waals surface area contributed by atoms with Gasteiger partial charge in [0.15, 0.2) is 0 Å². The Morgan fingerprint density at radius 3 is 2.21 bits per heavy atom. The summed E-state index contributed by atoms with van der Waals surface area (Å²) in [5.41, 5.74) is 1.11. The molecule has 4 N–H and O–H groups in total. The van der Waals surface area contributed by atoms with E-state index < -0.39 is 24.2 Å². The van der Waals surface area contributed by atoms with E-state index in [1.165, 1.54) is 19.3 Å². The maximum Gasteiger partial charge on any atom is 0.224 e. The highest BCUT2D eigenvalue weighted by Gasteiger charge is 2.32. The molecule has 1 saturated carbocycles. The summed E-state index contributed by atoms with van der Waals surface area (Å²) in [5, 5.41) is 27.3. The number of nitrogens with one attached hydrogen (secondary N) is 2. The van der Waals surface area contributed by atoms with E-state index in [2.05, 4.69) is 10.6 Å². The minimum atomic E-state index is -0.999. The molecule has 34 heavy (non-hydrogen) atoms. The molecule has 0 saturated heterocycles. The predicted octanol–water partition coefficient (Wildman–Crippen LogP) is 3.84. The Morgan fingerprint density at radius 2 is 1.59 bits per heavy atom. The third kappa shape index (κ3) is 9.75. The van der Waals surface area contributed by atoms with E-state index in [0.717, 1.165) is 18.4 Å². The fourth-order valence-corrected chi connectivity index (χ4v) is 4.86. The van der Waals surface area contributed by atoms with Gasteiger partial charge in [-0.2, -0.15) is 0 Å². The summed E-state index contributed by atoms with van der Waals surface area (Å²) >= 11 is 0. The van der Waals surface area contributed by atoms with Gasteiger partial charge >= 0.3 is 0 Å². The topological polar surface area (TPSA) is 98.7 Å². The normalized spacial score (nSPS) is 19.1. The molecule has 1 aliphatic carbocycles. The van der Waals surface area contributed by atoms with E-state index in [0.29, 0.717) is 25.2 Å². The van der Waals surface area contributed by atoms with Gasteiger partial charge in [-0.05, 0) is 36.7 Å². The Hall–Kier alpha value is -1.92. The van der Waals surface area contributed by atoms with E-state index in [-0.39, 0.29) is 30.2 Å². The number of benzene rings is 1. The van der Waals surface area contributed by atoms with Crippen LogP contribution >= 0.6 is 0 Å². The van der Waals surface area contributed by atoms with Crippen molar-refractivity contribution in [2.24, 2.45) is 23.7 Å². The van der Waals surface area contributed by atoms with Crippen LogP contribution in [0, 0.1) is 23.7 Å². The number of carbonyl (C=O) groups is 2. The number of hydrogen-bond donors (Lipinski definition) is 4. The first kappa shape index (κ1) is 28.3. The average Bonchev–Trinajstić information content (AvgIpc) is 2.82. The van der Waals surface area contributed by atoms with Crippen molar-refractivity contribution < 1.29 is 19.8 Å². The van der Waals surface area contributed by atoms with Crippen molar-refractivity contribution in [1.82, 2.24) is 10.6 Å². The van der Waals surface area contributed by atoms with Crippen LogP contribution in [0.3, 0.4) is 0 Å². The Bertz CT molecular complexity index is 733. The zero-order valence-corrected chi connectivity index (χ0v) is 21.5. The van der Waals surface area contributed by atoms with E-state index in [1.807, 2.05) is 51.1 Å². The van der Waals surface area contributed by atoms with Crippen LogP contribution in [0.15, 0.2) is 30.3 Å². The predicted molar refractivity (Wildman–Crippen MR) is 136 cm³/mol. The number of rotatable bonds is 13. The smallest absolute Gasteiger partial charge is 0.224 e. The van der Waals surface area contributed by atoms with Gasteiger partial charge in [-0.1, -0.05) is 90.1 Å². The molecule has 6 nitrogen and oxygen atoms in total. The van der Waals surface area contributed by atoms with Crippen LogP contribution in [0.4, 0.5) is 0 Å². The average molecular weight is 475 g/mol. The molecule has 1 aliphatic rings. The summed E-state index contributed by atoms with van der Waals surface area (Å²) in [6, 6.07) is 9.40. The van der Waals surface area contributed by atoms with Crippen LogP contribution in [0.1, 0.15) is 78.2 Å². The first-order valence-electron chi connectivity index (χ1n) is 13.2. The van der Waals surface area contributed by atoms with Crippen LogP contribution < -0.4 is 10.6 Å². The quantitative estimate of drug-likeness (QED) is 0.349. The first-order chi connectivity index (χ1) is 16.2. The third-order valence-electron chi connectivity index (χ3n) is 7.02. The zero-order chi connectivity index (χ0) is 25.1. The van der Waals surface area contributed by atoms with Gasteiger partial charge in [-0.15, -0.1) is 0 Å². The summed E-state index contributed by atoms with van der Waals surface area (Å²) in [4.78, 5) is 25.5. The monoisotopic (exact) mass is 474 g/mol. The molecule has 0 aliphatic heterocycles. The second kappa shape index (κ2) is 14.5. The Labute approximate surface area is 205 Å². The highest BCUT2D eigenvalue weighted by molar-refractivity contribution is 5.81. The molecule has 5 atom stereocenters. The number of aliphatic hydroxyl groups excluding tert-OH is 2. The standard InChI is InChI=1S/C28H46N2O4/c1-19(2)15-25(31)26(32)24(17-23-13-9-6-10-14-23)30-28(34)21(4)18-29-27(33)20(3)16-22-11-7-5-8-12-22/h5,7-8,11-12,19-21,23-26,31-32H,6,9-10,13-18H2,1-4H3,(H,29,33)(H,30,34)/t20-,21+,24+,25+,26-/m1/s1. The lowest BCUT2D eigenvalue weighted by Crippen LogP contribution is -2.52. The summed E-state index contributed by atoms with van der Waals surface area (Å²) in [6.07, 6.45) is 5.75. The second-order valence-corrected chi connectivity index (χ2v) is 10.8. The molecule has 1 aromatic carbocycles. The van der Waals surface area contributed by atoms with Crippen molar-refractivity contribution >= 4 is 11.8 Å². The van der Waals surface area contributed by atoms with Gasteiger partial charge < -0.3 is 20.8 Å². The maximum atomic E-state index is 13.0. The van der Waals surface area contributed by atoms with Gasteiger partial charge in [0.1, 0.15) is 6.10 Å². The Balaban J connectivity index is 1.90. The lowest BCUT2D eigenvalue weighted by Gasteiger charge is -2.33. The summed E-state index contributed by atoms with van der Waals surface area (Å²) in [5.74, 6) is -0.195. The molecule has 0 radical (unpaired) electrons. The maximum absolute atomic E-state index is 13.0. The largest absolute Gasteiger partial charge is 0.390 e. The second-order valence-electron chi connectivity index (χ2n) is 10.8. The lowest BCUT2D eigenvalue weighted by atomic mass is 9.82. The van der Waals surface area contributed by atoms with E-state index in [1.54, 1.807) is 6.92 Å². The van der Waals surface area contributed by atoms with Crippen molar-refractivity contribution in [3.63, 3.8) is 0 Å². The molecule has 0 bridgehead atoms. The van der Waals surface area contributed by atoms with E-state index in [4.69, 9.17) is 0 Å². The molecule has 2 amide bonds. The fourth-order valence-electron chi connectivity index (χ4n) is 4.86. The number of amides is 2. The van der Waals surface area contributed by atoms with Crippen LogP contribution in [0.2, 0.25) is 0 Å². The SMILES string of the molecule is CC(C)C[C@H](O)[C@H](O)[C@H](CC1CCCCC1)NC(=O)[C@@H](C)CNC(=O)[C@H](C)Cc1ccccc1. The molecule has 192 valence electrons. The number of hydrogen-bond acceptors (Lipinski definition) is 4. The van der Waals surface area contributed by atoms with Crippen molar-refractivity contribution in [2.45, 2.75) is 97.3 Å². The first-order valence-corrected chi connectivity index (χ1v) is 13.2. The molecule has 0 unspecified atom stereocenters. The molecule has 2 rings (SSSR count). The molecular weight excluding hydrogens is 428 g/mol. The highest BCUT2D eigenvalue weighted by atomic mass is 16.3. The fraction of sp³-hybridized carbons (Fsp3) is 0.714. The van der Waals surface area contributed by atoms with Gasteiger partial charge in [-0.25, -0.2) is 0 Å². The van der Waals surface area contributed by atoms with Gasteiger partial charge in [-0.3, -0.25) is 9.59 Å². The number of aliphatic hydroxyl groups is 2. The van der Waals surface area contributed by atoms with Crippen LogP contribution in [-0.2, 0) is 16.0 Å². The molecule has 0 heterocycles. The third-order valence-corrected chi connectivity index (χ3v) is 7.02. The number of carbonyl (C=O) groups excluding carboxylic acids is 2. The zero-order valence-electron chi connectivity index (χ0n) is 21.5. The van der Waals surface area contributed by atoms with E-state index in [9.17, 15) is 19.8 Å². The van der Waals surface area contributed by atoms with Gasteiger partial charge in [0.2, 0.25) is 11.8 Å². The van der Waals surface area contributed by atoms with Gasteiger partial charge in [0.25, 0.3) is 0 Å². The van der Waals surface area contributed by atoms with Crippen molar-refractivity contribution in [3.8, 4) is 0 Å². The van der Waals surface area contributed by atoms with Crippen molar-refractivity contribution in [2.75, 3.05) is 6.54 Å². The summed E-state index contributed by atoms with van der Waals surface area (Å²) in [7, 11) is 0.